The van der Waals surface area contributed by atoms with Crippen molar-refractivity contribution >= 4 is 34.0 Å². The summed E-state index contributed by atoms with van der Waals surface area (Å²) in [6.45, 7) is 2.05. The van der Waals surface area contributed by atoms with Crippen LogP contribution in [-0.2, 0) is 4.79 Å². The molecule has 6 rings (SSSR count). The summed E-state index contributed by atoms with van der Waals surface area (Å²) in [5, 5.41) is 14.5. The highest BCUT2D eigenvalue weighted by molar-refractivity contribution is 5.96. The molecule has 0 radical (unpaired) electrons. The van der Waals surface area contributed by atoms with Gasteiger partial charge in [-0.15, -0.1) is 0 Å². The number of H-pyrrole nitrogens is 2. The van der Waals surface area contributed by atoms with E-state index in [0.717, 1.165) is 57.7 Å². The molecule has 0 saturated heterocycles. The van der Waals surface area contributed by atoms with Crippen molar-refractivity contribution in [1.29, 1.82) is 0 Å². The van der Waals surface area contributed by atoms with E-state index in [4.69, 9.17) is 0 Å². The van der Waals surface area contributed by atoms with E-state index in [1.807, 2.05) is 36.4 Å². The second kappa shape index (κ2) is 10.4. The summed E-state index contributed by atoms with van der Waals surface area (Å²) < 4.78 is 14.7. The first-order chi connectivity index (χ1) is 19.1. The smallest absolute Gasteiger partial charge is 0.224 e. The van der Waals surface area contributed by atoms with E-state index >= 15 is 0 Å². The number of rotatable bonds is 7. The van der Waals surface area contributed by atoms with Crippen LogP contribution in [0, 0.1) is 5.82 Å². The van der Waals surface area contributed by atoms with Gasteiger partial charge in [0, 0.05) is 52.7 Å². The standard InChI is InChI=1S/C30H26FN7O/c1-2-3-10-27(39)35-20-12-18(15-32-17-20)19-13-24-28(37-38-30(24)34-16-19)26-14-23-21(8-6-11-33-29(23)36-26)22-7-4-5-9-25(22)31/h4-9,11-17,33,36H,2-3,10H2,1H3,(H,35,39)(H,34,37,38). The fraction of sp³-hybridized carbons (Fsp3) is 0.133. The van der Waals surface area contributed by atoms with Gasteiger partial charge >= 0.3 is 0 Å². The van der Waals surface area contributed by atoms with Crippen LogP contribution in [-0.4, -0.2) is 31.1 Å². The van der Waals surface area contributed by atoms with Crippen LogP contribution in [0.4, 0.5) is 15.9 Å². The summed E-state index contributed by atoms with van der Waals surface area (Å²) in [7, 11) is 0. The molecule has 4 aromatic heterocycles. The molecule has 4 N–H and O–H groups in total. The quantitative estimate of drug-likeness (QED) is 0.192. The van der Waals surface area contributed by atoms with E-state index in [9.17, 15) is 9.18 Å². The first-order valence-corrected chi connectivity index (χ1v) is 12.8. The van der Waals surface area contributed by atoms with Crippen LogP contribution in [0.15, 0.2) is 79.4 Å². The van der Waals surface area contributed by atoms with Crippen molar-refractivity contribution in [1.82, 2.24) is 25.1 Å². The third kappa shape index (κ3) is 4.82. The van der Waals surface area contributed by atoms with Crippen molar-refractivity contribution in [2.45, 2.75) is 26.2 Å². The molecule has 1 aromatic carbocycles. The molecule has 9 heteroatoms. The predicted molar refractivity (Wildman–Crippen MR) is 151 cm³/mol. The summed E-state index contributed by atoms with van der Waals surface area (Å²) in [5.74, 6) is 0.432. The Morgan fingerprint density at radius 2 is 1.92 bits per heavy atom. The third-order valence-electron chi connectivity index (χ3n) is 6.65. The minimum absolute atomic E-state index is 0.0275. The average molecular weight is 520 g/mol. The lowest BCUT2D eigenvalue weighted by Crippen LogP contribution is -2.11. The monoisotopic (exact) mass is 519 g/mol. The maximum Gasteiger partial charge on any atom is 0.224 e. The molecule has 0 unspecified atom stereocenters. The highest BCUT2D eigenvalue weighted by Crippen LogP contribution is 2.37. The first kappa shape index (κ1) is 24.3. The number of nitrogens with one attached hydrogen (secondary N) is 4. The molecule has 0 fully saturated rings. The molecule has 1 aliphatic heterocycles. The SMILES string of the molecule is CCCCC(=O)Nc1cncc(-c2cnc3n[nH]c(-c4cc5c([nH]4)NC=CC=C5c4ccccc4F)c3c2)c1. The van der Waals surface area contributed by atoms with E-state index in [1.54, 1.807) is 36.9 Å². The van der Waals surface area contributed by atoms with Gasteiger partial charge in [0.2, 0.25) is 5.91 Å². The van der Waals surface area contributed by atoms with Gasteiger partial charge in [-0.1, -0.05) is 37.6 Å². The molecule has 1 amide bonds. The number of carbonyl (C=O) groups excluding carboxylic acids is 1. The molecular formula is C30H26FN7O. The molecule has 0 bridgehead atoms. The minimum atomic E-state index is -0.286. The zero-order valence-electron chi connectivity index (χ0n) is 21.3. The molecule has 5 aromatic rings. The van der Waals surface area contributed by atoms with E-state index < -0.39 is 0 Å². The second-order valence-electron chi connectivity index (χ2n) is 9.34. The molecule has 0 saturated carbocycles. The minimum Gasteiger partial charge on any atom is -0.348 e. The molecule has 0 spiro atoms. The van der Waals surface area contributed by atoms with Gasteiger partial charge in [0.05, 0.1) is 23.3 Å². The Bertz CT molecular complexity index is 1750. The Hall–Kier alpha value is -5.05. The number of benzene rings is 1. The topological polar surface area (TPSA) is 111 Å². The highest BCUT2D eigenvalue weighted by Gasteiger charge is 2.20. The number of hydrogen-bond acceptors (Lipinski definition) is 5. The lowest BCUT2D eigenvalue weighted by Gasteiger charge is -2.08. The normalized spacial score (nSPS) is 12.5. The van der Waals surface area contributed by atoms with Crippen molar-refractivity contribution in [3.63, 3.8) is 0 Å². The number of aromatic amines is 2. The van der Waals surface area contributed by atoms with Gasteiger partial charge in [0.25, 0.3) is 0 Å². The van der Waals surface area contributed by atoms with Crippen LogP contribution in [0.2, 0.25) is 0 Å². The number of amides is 1. The van der Waals surface area contributed by atoms with E-state index in [2.05, 4.69) is 42.7 Å². The maximum absolute atomic E-state index is 14.7. The first-order valence-electron chi connectivity index (χ1n) is 12.8. The summed E-state index contributed by atoms with van der Waals surface area (Å²) >= 11 is 0. The Kier molecular flexibility index (Phi) is 6.46. The fourth-order valence-corrected chi connectivity index (χ4v) is 4.69. The number of fused-ring (bicyclic) bond motifs is 2. The molecule has 5 heterocycles. The lowest BCUT2D eigenvalue weighted by molar-refractivity contribution is -0.116. The summed E-state index contributed by atoms with van der Waals surface area (Å²) in [6, 6.07) is 12.6. The number of carbonyl (C=O) groups is 1. The van der Waals surface area contributed by atoms with E-state index in [0.29, 0.717) is 23.3 Å². The Morgan fingerprint density at radius 3 is 2.79 bits per heavy atom. The zero-order chi connectivity index (χ0) is 26.8. The number of unbranched alkanes of at least 4 members (excludes halogenated alkanes) is 1. The van der Waals surface area contributed by atoms with Gasteiger partial charge in [-0.25, -0.2) is 9.37 Å². The number of pyridine rings is 2. The largest absolute Gasteiger partial charge is 0.348 e. The molecule has 0 aliphatic carbocycles. The lowest BCUT2D eigenvalue weighted by atomic mass is 9.98. The van der Waals surface area contributed by atoms with Crippen LogP contribution in [0.25, 0.3) is 39.1 Å². The van der Waals surface area contributed by atoms with Crippen molar-refractivity contribution in [3.8, 4) is 22.5 Å². The highest BCUT2D eigenvalue weighted by atomic mass is 19.1. The molecule has 8 nitrogen and oxygen atoms in total. The number of aromatic nitrogens is 5. The number of nitrogens with zero attached hydrogens (tertiary/aromatic N) is 3. The van der Waals surface area contributed by atoms with Gasteiger partial charge < -0.3 is 15.6 Å². The number of anilines is 2. The van der Waals surface area contributed by atoms with Crippen molar-refractivity contribution in [2.24, 2.45) is 0 Å². The van der Waals surface area contributed by atoms with Crippen molar-refractivity contribution in [3.05, 3.63) is 96.4 Å². The average Bonchev–Trinajstić information content (AvgIpc) is 3.51. The van der Waals surface area contributed by atoms with Gasteiger partial charge in [-0.3, -0.25) is 14.9 Å². The summed E-state index contributed by atoms with van der Waals surface area (Å²) in [6.07, 6.45) is 12.9. The molecule has 1 aliphatic rings. The van der Waals surface area contributed by atoms with Crippen molar-refractivity contribution < 1.29 is 9.18 Å². The van der Waals surface area contributed by atoms with Gasteiger partial charge in [-0.2, -0.15) is 5.10 Å². The van der Waals surface area contributed by atoms with Gasteiger partial charge in [0.1, 0.15) is 11.6 Å². The summed E-state index contributed by atoms with van der Waals surface area (Å²) in [4.78, 5) is 24.5. The molecule has 194 valence electrons. The number of allylic oxidation sites excluding steroid dienone is 2. The molecular weight excluding hydrogens is 493 g/mol. The van der Waals surface area contributed by atoms with Crippen LogP contribution in [0.3, 0.4) is 0 Å². The van der Waals surface area contributed by atoms with Crippen LogP contribution in [0.5, 0.6) is 0 Å². The van der Waals surface area contributed by atoms with Crippen molar-refractivity contribution in [2.75, 3.05) is 10.6 Å². The van der Waals surface area contributed by atoms with Gasteiger partial charge in [-0.05, 0) is 42.3 Å². The van der Waals surface area contributed by atoms with Crippen LogP contribution < -0.4 is 10.6 Å². The zero-order valence-corrected chi connectivity index (χ0v) is 21.3. The summed E-state index contributed by atoms with van der Waals surface area (Å²) in [5.41, 5.74) is 6.51. The second-order valence-corrected chi connectivity index (χ2v) is 9.34. The predicted octanol–water partition coefficient (Wildman–Crippen LogP) is 6.65. The maximum atomic E-state index is 14.7. The number of hydrogen-bond donors (Lipinski definition) is 4. The number of halogens is 1. The Balaban J connectivity index is 1.36. The molecule has 0 atom stereocenters. The Labute approximate surface area is 224 Å². The Morgan fingerprint density at radius 1 is 1.05 bits per heavy atom. The fourth-order valence-electron chi connectivity index (χ4n) is 4.69. The molecule has 39 heavy (non-hydrogen) atoms. The van der Waals surface area contributed by atoms with Crippen LogP contribution in [0.1, 0.15) is 37.3 Å². The third-order valence-corrected chi connectivity index (χ3v) is 6.65. The van der Waals surface area contributed by atoms with E-state index in [-0.39, 0.29) is 11.7 Å². The van der Waals surface area contributed by atoms with E-state index in [1.165, 1.54) is 6.07 Å². The van der Waals surface area contributed by atoms with Crippen LogP contribution >= 0.6 is 0 Å². The van der Waals surface area contributed by atoms with Gasteiger partial charge in [0.15, 0.2) is 5.65 Å².